The molecule has 0 saturated carbocycles. The van der Waals surface area contributed by atoms with Gasteiger partial charge in [-0.2, -0.15) is 0 Å². The molecule has 0 bridgehead atoms. The van der Waals surface area contributed by atoms with Crippen LogP contribution in [0.15, 0.2) is 72.8 Å². The minimum absolute atomic E-state index is 0.235. The highest BCUT2D eigenvalue weighted by molar-refractivity contribution is 6.30. The standard InChI is InChI=1S/C31H38ClNO4/c1-2-3-4-5-6-20-33(21-19-24-11-15-28(32)16-12-24)30(34)22-25-7-9-26(10-8-25)23-37-29-17-13-27(14-18-29)31(35)36/h7-18,30,34H,2-6,19-23H2,1H3,(H,35,36). The number of halogens is 1. The number of hydrogen-bond acceptors (Lipinski definition) is 4. The van der Waals surface area contributed by atoms with Crippen LogP contribution in [0, 0.1) is 0 Å². The number of carboxylic acids is 1. The van der Waals surface area contributed by atoms with Gasteiger partial charge in [0.1, 0.15) is 18.6 Å². The molecular weight excluding hydrogens is 486 g/mol. The number of ether oxygens (including phenoxy) is 1. The van der Waals surface area contributed by atoms with Crippen molar-refractivity contribution in [3.05, 3.63) is 100 Å². The van der Waals surface area contributed by atoms with Crippen LogP contribution in [0.2, 0.25) is 5.02 Å². The zero-order valence-electron chi connectivity index (χ0n) is 21.6. The van der Waals surface area contributed by atoms with Crippen molar-refractivity contribution in [3.8, 4) is 5.75 Å². The van der Waals surface area contributed by atoms with Gasteiger partial charge in [0.15, 0.2) is 0 Å². The lowest BCUT2D eigenvalue weighted by molar-refractivity contribution is 0.00384. The fourth-order valence-electron chi connectivity index (χ4n) is 4.22. The van der Waals surface area contributed by atoms with Gasteiger partial charge < -0.3 is 14.9 Å². The molecule has 6 heteroatoms. The maximum atomic E-state index is 11.1. The van der Waals surface area contributed by atoms with Crippen LogP contribution in [-0.4, -0.2) is 40.4 Å². The van der Waals surface area contributed by atoms with Crippen molar-refractivity contribution in [2.24, 2.45) is 0 Å². The van der Waals surface area contributed by atoms with Gasteiger partial charge in [-0.1, -0.05) is 80.6 Å². The molecule has 3 rings (SSSR count). The summed E-state index contributed by atoms with van der Waals surface area (Å²) in [5, 5.41) is 20.9. The van der Waals surface area contributed by atoms with Crippen LogP contribution in [0.25, 0.3) is 0 Å². The number of benzene rings is 3. The molecule has 5 nitrogen and oxygen atoms in total. The molecule has 0 radical (unpaired) electrons. The molecule has 198 valence electrons. The van der Waals surface area contributed by atoms with Crippen LogP contribution in [0.5, 0.6) is 5.75 Å². The van der Waals surface area contributed by atoms with E-state index in [2.05, 4.69) is 24.0 Å². The van der Waals surface area contributed by atoms with Gasteiger partial charge in [0.25, 0.3) is 0 Å². The van der Waals surface area contributed by atoms with Crippen LogP contribution in [0.1, 0.15) is 66.1 Å². The van der Waals surface area contributed by atoms with Crippen molar-refractivity contribution < 1.29 is 19.7 Å². The Hall–Kier alpha value is -2.86. The second-order valence-electron chi connectivity index (χ2n) is 9.45. The number of aliphatic hydroxyl groups excluding tert-OH is 1. The zero-order chi connectivity index (χ0) is 26.5. The third-order valence-corrected chi connectivity index (χ3v) is 6.77. The molecule has 0 aliphatic rings. The van der Waals surface area contributed by atoms with Gasteiger partial charge in [0, 0.05) is 24.5 Å². The van der Waals surface area contributed by atoms with E-state index in [1.807, 2.05) is 36.4 Å². The van der Waals surface area contributed by atoms with Crippen molar-refractivity contribution in [1.82, 2.24) is 4.90 Å². The highest BCUT2D eigenvalue weighted by Crippen LogP contribution is 2.17. The van der Waals surface area contributed by atoms with Gasteiger partial charge in [-0.3, -0.25) is 4.90 Å². The Bertz CT molecular complexity index is 1070. The monoisotopic (exact) mass is 523 g/mol. The minimum atomic E-state index is -0.954. The number of carboxylic acid groups (broad SMARTS) is 1. The largest absolute Gasteiger partial charge is 0.489 e. The summed E-state index contributed by atoms with van der Waals surface area (Å²) in [6, 6.07) is 22.4. The third kappa shape index (κ3) is 10.2. The summed E-state index contributed by atoms with van der Waals surface area (Å²) in [4.78, 5) is 13.2. The van der Waals surface area contributed by atoms with E-state index in [1.165, 1.54) is 43.4 Å². The minimum Gasteiger partial charge on any atom is -0.489 e. The first kappa shape index (κ1) is 28.7. The molecule has 1 atom stereocenters. The second kappa shape index (κ2) is 15.4. The van der Waals surface area contributed by atoms with Crippen molar-refractivity contribution >= 4 is 17.6 Å². The number of nitrogens with zero attached hydrogens (tertiary/aromatic N) is 1. The molecule has 3 aromatic rings. The molecule has 0 fully saturated rings. The first-order valence-electron chi connectivity index (χ1n) is 13.1. The number of rotatable bonds is 16. The summed E-state index contributed by atoms with van der Waals surface area (Å²) >= 11 is 6.03. The Kier molecular flexibility index (Phi) is 12.0. The molecule has 0 aromatic heterocycles. The Morgan fingerprint density at radius 1 is 0.838 bits per heavy atom. The second-order valence-corrected chi connectivity index (χ2v) is 9.88. The average molecular weight is 524 g/mol. The van der Waals surface area contributed by atoms with E-state index in [0.29, 0.717) is 18.8 Å². The third-order valence-electron chi connectivity index (χ3n) is 6.52. The highest BCUT2D eigenvalue weighted by Gasteiger charge is 2.16. The normalized spacial score (nSPS) is 12.0. The van der Waals surface area contributed by atoms with Crippen LogP contribution in [0.4, 0.5) is 0 Å². The molecule has 3 aromatic carbocycles. The van der Waals surface area contributed by atoms with E-state index in [4.69, 9.17) is 21.4 Å². The first-order valence-corrected chi connectivity index (χ1v) is 13.5. The van der Waals surface area contributed by atoms with E-state index < -0.39 is 12.2 Å². The van der Waals surface area contributed by atoms with Crippen molar-refractivity contribution in [1.29, 1.82) is 0 Å². The quantitative estimate of drug-likeness (QED) is 0.156. The average Bonchev–Trinajstić information content (AvgIpc) is 2.91. The summed E-state index contributed by atoms with van der Waals surface area (Å²) in [7, 11) is 0. The molecule has 0 aliphatic carbocycles. The number of aromatic carboxylic acids is 1. The summed E-state index contributed by atoms with van der Waals surface area (Å²) in [5.74, 6) is -0.330. The molecular formula is C31H38ClNO4. The van der Waals surface area contributed by atoms with E-state index in [9.17, 15) is 9.90 Å². The van der Waals surface area contributed by atoms with Crippen LogP contribution >= 0.6 is 11.6 Å². The van der Waals surface area contributed by atoms with Crippen molar-refractivity contribution in [2.45, 2.75) is 64.7 Å². The maximum Gasteiger partial charge on any atom is 0.335 e. The van der Waals surface area contributed by atoms with Gasteiger partial charge in [0.2, 0.25) is 0 Å². The van der Waals surface area contributed by atoms with Gasteiger partial charge in [0.05, 0.1) is 5.56 Å². The smallest absolute Gasteiger partial charge is 0.335 e. The first-order chi connectivity index (χ1) is 17.9. The molecule has 0 spiro atoms. The van der Waals surface area contributed by atoms with Crippen molar-refractivity contribution in [3.63, 3.8) is 0 Å². The summed E-state index contributed by atoms with van der Waals surface area (Å²) in [6.07, 6.45) is 6.88. The predicted octanol–water partition coefficient (Wildman–Crippen LogP) is 6.99. The van der Waals surface area contributed by atoms with Gasteiger partial charge >= 0.3 is 5.97 Å². The molecule has 37 heavy (non-hydrogen) atoms. The lowest BCUT2D eigenvalue weighted by Gasteiger charge is -2.28. The van der Waals surface area contributed by atoms with E-state index in [0.717, 1.165) is 42.1 Å². The number of unbranched alkanes of at least 4 members (excludes halogenated alkanes) is 4. The van der Waals surface area contributed by atoms with Gasteiger partial charge in [-0.05, 0) is 65.9 Å². The molecule has 2 N–H and O–H groups in total. The summed E-state index contributed by atoms with van der Waals surface area (Å²) < 4.78 is 5.78. The Morgan fingerprint density at radius 3 is 2.11 bits per heavy atom. The van der Waals surface area contributed by atoms with Crippen LogP contribution in [-0.2, 0) is 19.4 Å². The molecule has 0 saturated heterocycles. The van der Waals surface area contributed by atoms with E-state index in [-0.39, 0.29) is 5.56 Å². The maximum absolute atomic E-state index is 11.1. The van der Waals surface area contributed by atoms with Crippen LogP contribution < -0.4 is 4.74 Å². The molecule has 0 aliphatic heterocycles. The van der Waals surface area contributed by atoms with Gasteiger partial charge in [-0.15, -0.1) is 0 Å². The summed E-state index contributed by atoms with van der Waals surface area (Å²) in [6.45, 7) is 4.28. The highest BCUT2D eigenvalue weighted by atomic mass is 35.5. The zero-order valence-corrected chi connectivity index (χ0v) is 22.4. The lowest BCUT2D eigenvalue weighted by atomic mass is 10.1. The number of carbonyl (C=O) groups is 1. The predicted molar refractivity (Wildman–Crippen MR) is 149 cm³/mol. The van der Waals surface area contributed by atoms with E-state index >= 15 is 0 Å². The molecule has 0 amide bonds. The molecule has 0 heterocycles. The Balaban J connectivity index is 1.53. The Labute approximate surface area is 225 Å². The van der Waals surface area contributed by atoms with Gasteiger partial charge in [-0.25, -0.2) is 4.79 Å². The molecule has 1 unspecified atom stereocenters. The van der Waals surface area contributed by atoms with Crippen LogP contribution in [0.3, 0.4) is 0 Å². The van der Waals surface area contributed by atoms with E-state index in [1.54, 1.807) is 12.1 Å². The summed E-state index contributed by atoms with van der Waals surface area (Å²) in [5.41, 5.74) is 3.54. The number of aliphatic hydroxyl groups is 1. The lowest BCUT2D eigenvalue weighted by Crippen LogP contribution is -2.39. The fraction of sp³-hybridized carbons (Fsp3) is 0.387. The number of hydrogen-bond donors (Lipinski definition) is 2. The van der Waals surface area contributed by atoms with Crippen molar-refractivity contribution in [2.75, 3.05) is 13.1 Å². The SMILES string of the molecule is CCCCCCCN(CCc1ccc(Cl)cc1)C(O)Cc1ccc(COc2ccc(C(=O)O)cc2)cc1. The topological polar surface area (TPSA) is 70.0 Å². The fourth-order valence-corrected chi connectivity index (χ4v) is 4.35. The Morgan fingerprint density at radius 2 is 1.46 bits per heavy atom.